The van der Waals surface area contributed by atoms with E-state index in [-0.39, 0.29) is 0 Å². The SMILES string of the molecule is Cc1ncsc1CNCC1CCC(CN)CC1. The van der Waals surface area contributed by atoms with Gasteiger partial charge in [-0.1, -0.05) is 0 Å². The molecule has 1 aromatic heterocycles. The first kappa shape index (κ1) is 13.0. The van der Waals surface area contributed by atoms with Crippen molar-refractivity contribution in [2.75, 3.05) is 13.1 Å². The van der Waals surface area contributed by atoms with Crippen LogP contribution >= 0.6 is 11.3 Å². The molecule has 1 fully saturated rings. The second-order valence-corrected chi connectivity index (χ2v) is 6.05. The second-order valence-electron chi connectivity index (χ2n) is 5.11. The third-order valence-electron chi connectivity index (χ3n) is 3.86. The lowest BCUT2D eigenvalue weighted by molar-refractivity contribution is 0.272. The summed E-state index contributed by atoms with van der Waals surface area (Å²) in [6.45, 7) is 5.09. The van der Waals surface area contributed by atoms with Gasteiger partial charge in [-0.05, 0) is 57.5 Å². The van der Waals surface area contributed by atoms with Crippen molar-refractivity contribution in [3.8, 4) is 0 Å². The Morgan fingerprint density at radius 1 is 1.35 bits per heavy atom. The summed E-state index contributed by atoms with van der Waals surface area (Å²) in [5.41, 5.74) is 8.81. The third-order valence-corrected chi connectivity index (χ3v) is 4.80. The van der Waals surface area contributed by atoms with Crippen LogP contribution in [0.3, 0.4) is 0 Å². The molecule has 1 saturated carbocycles. The molecule has 0 bridgehead atoms. The molecule has 3 nitrogen and oxygen atoms in total. The first-order valence-electron chi connectivity index (χ1n) is 6.59. The van der Waals surface area contributed by atoms with Crippen LogP contribution in [0, 0.1) is 18.8 Å². The van der Waals surface area contributed by atoms with Crippen LogP contribution in [0.5, 0.6) is 0 Å². The first-order valence-corrected chi connectivity index (χ1v) is 7.47. The van der Waals surface area contributed by atoms with Gasteiger partial charge in [-0.3, -0.25) is 0 Å². The fourth-order valence-corrected chi connectivity index (χ4v) is 3.30. The van der Waals surface area contributed by atoms with Crippen LogP contribution in [0.1, 0.15) is 36.3 Å². The van der Waals surface area contributed by atoms with Gasteiger partial charge in [0.2, 0.25) is 0 Å². The molecule has 0 atom stereocenters. The molecule has 17 heavy (non-hydrogen) atoms. The van der Waals surface area contributed by atoms with Crippen molar-refractivity contribution in [2.24, 2.45) is 17.6 Å². The highest BCUT2D eigenvalue weighted by Crippen LogP contribution is 2.27. The lowest BCUT2D eigenvalue weighted by Crippen LogP contribution is -2.28. The standard InChI is InChI=1S/C13H23N3S/c1-10-13(17-9-16-10)8-15-7-12-4-2-11(6-14)3-5-12/h9,11-12,15H,2-8,14H2,1H3. The van der Waals surface area contributed by atoms with Crippen molar-refractivity contribution in [1.82, 2.24) is 10.3 Å². The Kier molecular flexibility index (Phi) is 4.95. The van der Waals surface area contributed by atoms with E-state index in [0.29, 0.717) is 0 Å². The predicted octanol–water partition coefficient (Wildman–Crippen LogP) is 2.31. The summed E-state index contributed by atoms with van der Waals surface area (Å²) >= 11 is 1.75. The summed E-state index contributed by atoms with van der Waals surface area (Å²) in [5, 5.41) is 3.57. The Balaban J connectivity index is 1.65. The quantitative estimate of drug-likeness (QED) is 0.846. The van der Waals surface area contributed by atoms with Crippen molar-refractivity contribution in [2.45, 2.75) is 39.2 Å². The molecule has 4 heteroatoms. The Morgan fingerprint density at radius 3 is 2.65 bits per heavy atom. The van der Waals surface area contributed by atoms with Gasteiger partial charge in [0.1, 0.15) is 0 Å². The van der Waals surface area contributed by atoms with E-state index in [1.807, 2.05) is 5.51 Å². The van der Waals surface area contributed by atoms with Crippen LogP contribution in [-0.2, 0) is 6.54 Å². The minimum atomic E-state index is 0.787. The van der Waals surface area contributed by atoms with Gasteiger partial charge in [0.05, 0.1) is 11.2 Å². The van der Waals surface area contributed by atoms with Crippen LogP contribution < -0.4 is 11.1 Å². The Morgan fingerprint density at radius 2 is 2.06 bits per heavy atom. The van der Waals surface area contributed by atoms with Gasteiger partial charge >= 0.3 is 0 Å². The number of hydrogen-bond acceptors (Lipinski definition) is 4. The summed E-state index contributed by atoms with van der Waals surface area (Å²) in [5.74, 6) is 1.64. The van der Waals surface area contributed by atoms with E-state index in [2.05, 4.69) is 17.2 Å². The fraction of sp³-hybridized carbons (Fsp3) is 0.769. The summed E-state index contributed by atoms with van der Waals surface area (Å²) in [7, 11) is 0. The van der Waals surface area contributed by atoms with Crippen LogP contribution in [0.2, 0.25) is 0 Å². The molecule has 3 N–H and O–H groups in total. The van der Waals surface area contributed by atoms with E-state index in [4.69, 9.17) is 5.73 Å². The third kappa shape index (κ3) is 3.76. The van der Waals surface area contributed by atoms with Crippen LogP contribution in [0.4, 0.5) is 0 Å². The molecule has 0 saturated heterocycles. The van der Waals surface area contributed by atoms with Gasteiger partial charge in [0.15, 0.2) is 0 Å². The molecule has 0 aliphatic heterocycles. The molecular weight excluding hydrogens is 230 g/mol. The summed E-state index contributed by atoms with van der Waals surface area (Å²) < 4.78 is 0. The normalized spacial score (nSPS) is 25.1. The molecule has 0 unspecified atom stereocenters. The average molecular weight is 253 g/mol. The highest BCUT2D eigenvalue weighted by molar-refractivity contribution is 7.09. The van der Waals surface area contributed by atoms with Gasteiger partial charge in [-0.2, -0.15) is 0 Å². The number of rotatable bonds is 5. The van der Waals surface area contributed by atoms with E-state index >= 15 is 0 Å². The monoisotopic (exact) mass is 253 g/mol. The minimum Gasteiger partial charge on any atom is -0.330 e. The lowest BCUT2D eigenvalue weighted by atomic mass is 9.82. The minimum absolute atomic E-state index is 0.787. The molecule has 0 amide bonds. The van der Waals surface area contributed by atoms with Crippen molar-refractivity contribution in [3.05, 3.63) is 16.1 Å². The molecule has 0 aromatic carbocycles. The van der Waals surface area contributed by atoms with E-state index in [9.17, 15) is 0 Å². The molecule has 0 radical (unpaired) electrons. The van der Waals surface area contributed by atoms with Crippen LogP contribution in [0.15, 0.2) is 5.51 Å². The average Bonchev–Trinajstić information content (AvgIpc) is 2.76. The van der Waals surface area contributed by atoms with Crippen molar-refractivity contribution in [1.29, 1.82) is 0 Å². The van der Waals surface area contributed by atoms with Crippen molar-refractivity contribution >= 4 is 11.3 Å². The smallest absolute Gasteiger partial charge is 0.0798 e. The van der Waals surface area contributed by atoms with E-state index in [0.717, 1.165) is 31.5 Å². The Bertz CT molecular complexity index is 329. The zero-order valence-electron chi connectivity index (χ0n) is 10.6. The second kappa shape index (κ2) is 6.47. The number of nitrogens with two attached hydrogens (primary N) is 1. The molecule has 1 aliphatic carbocycles. The summed E-state index contributed by atoms with van der Waals surface area (Å²) in [4.78, 5) is 5.64. The van der Waals surface area contributed by atoms with Crippen molar-refractivity contribution in [3.63, 3.8) is 0 Å². The molecule has 0 spiro atoms. The number of thiazole rings is 1. The molecule has 1 heterocycles. The van der Waals surface area contributed by atoms with E-state index in [1.54, 1.807) is 11.3 Å². The van der Waals surface area contributed by atoms with Gasteiger partial charge in [0.25, 0.3) is 0 Å². The molecule has 2 rings (SSSR count). The highest BCUT2D eigenvalue weighted by atomic mass is 32.1. The van der Waals surface area contributed by atoms with Crippen LogP contribution in [-0.4, -0.2) is 18.1 Å². The van der Waals surface area contributed by atoms with Crippen LogP contribution in [0.25, 0.3) is 0 Å². The summed E-state index contributed by atoms with van der Waals surface area (Å²) in [6, 6.07) is 0. The predicted molar refractivity (Wildman–Crippen MR) is 73.1 cm³/mol. The lowest BCUT2D eigenvalue weighted by Gasteiger charge is -2.27. The van der Waals surface area contributed by atoms with Gasteiger partial charge in [-0.25, -0.2) is 4.98 Å². The molecular formula is C13H23N3S. The number of nitrogens with one attached hydrogen (secondary N) is 1. The number of nitrogens with zero attached hydrogens (tertiary/aromatic N) is 1. The van der Waals surface area contributed by atoms with Gasteiger partial charge in [-0.15, -0.1) is 11.3 Å². The maximum absolute atomic E-state index is 5.71. The van der Waals surface area contributed by atoms with Gasteiger partial charge in [0, 0.05) is 11.4 Å². The first-order chi connectivity index (χ1) is 8.29. The number of aryl methyl sites for hydroxylation is 1. The maximum Gasteiger partial charge on any atom is 0.0798 e. The molecule has 1 aromatic rings. The number of aromatic nitrogens is 1. The Hall–Kier alpha value is -0.450. The molecule has 1 aliphatic rings. The molecule has 96 valence electrons. The number of hydrogen-bond donors (Lipinski definition) is 2. The topological polar surface area (TPSA) is 50.9 Å². The fourth-order valence-electron chi connectivity index (χ4n) is 2.56. The largest absolute Gasteiger partial charge is 0.330 e. The zero-order chi connectivity index (χ0) is 12.1. The zero-order valence-corrected chi connectivity index (χ0v) is 11.4. The van der Waals surface area contributed by atoms with Gasteiger partial charge < -0.3 is 11.1 Å². The maximum atomic E-state index is 5.71. The van der Waals surface area contributed by atoms with Crippen molar-refractivity contribution < 1.29 is 0 Å². The highest BCUT2D eigenvalue weighted by Gasteiger charge is 2.19. The van der Waals surface area contributed by atoms with E-state index < -0.39 is 0 Å². The van der Waals surface area contributed by atoms with E-state index in [1.165, 1.54) is 36.3 Å². The Labute approximate surface area is 108 Å². The summed E-state index contributed by atoms with van der Waals surface area (Å²) in [6.07, 6.45) is 5.33.